The Bertz CT molecular complexity index is 555. The van der Waals surface area contributed by atoms with E-state index in [2.05, 4.69) is 52.5 Å². The summed E-state index contributed by atoms with van der Waals surface area (Å²) in [5, 5.41) is 0.538. The van der Waals surface area contributed by atoms with E-state index < -0.39 is 0 Å². The standard InChI is InChI=1S/C13H12ClIN2/c1-3-10-11(15)12(14)17-13(16-10)9-7-5-4-6-8(9)2/h4-7H,3H2,1-2H3. The van der Waals surface area contributed by atoms with Gasteiger partial charge in [0.2, 0.25) is 0 Å². The Kier molecular flexibility index (Phi) is 3.99. The number of hydrogen-bond acceptors (Lipinski definition) is 2. The van der Waals surface area contributed by atoms with Crippen LogP contribution in [0.1, 0.15) is 18.2 Å². The molecule has 0 amide bonds. The number of halogens is 2. The lowest BCUT2D eigenvalue weighted by Crippen LogP contribution is -2.00. The van der Waals surface area contributed by atoms with Gasteiger partial charge in [-0.3, -0.25) is 0 Å². The second-order valence-electron chi connectivity index (χ2n) is 3.77. The number of hydrogen-bond donors (Lipinski definition) is 0. The Morgan fingerprint density at radius 1 is 1.24 bits per heavy atom. The third-order valence-electron chi connectivity index (χ3n) is 2.60. The van der Waals surface area contributed by atoms with Gasteiger partial charge in [-0.2, -0.15) is 0 Å². The van der Waals surface area contributed by atoms with Gasteiger partial charge in [-0.05, 0) is 41.5 Å². The minimum absolute atomic E-state index is 0.538. The van der Waals surface area contributed by atoms with Gasteiger partial charge in [0.1, 0.15) is 5.15 Å². The Morgan fingerprint density at radius 2 is 1.94 bits per heavy atom. The van der Waals surface area contributed by atoms with Crippen LogP contribution in [-0.2, 0) is 6.42 Å². The van der Waals surface area contributed by atoms with Crippen LogP contribution in [0.15, 0.2) is 24.3 Å². The van der Waals surface area contributed by atoms with Gasteiger partial charge >= 0.3 is 0 Å². The first-order valence-electron chi connectivity index (χ1n) is 5.41. The van der Waals surface area contributed by atoms with Crippen molar-refractivity contribution in [2.75, 3.05) is 0 Å². The SMILES string of the molecule is CCc1nc(-c2ccccc2C)nc(Cl)c1I. The van der Waals surface area contributed by atoms with E-state index in [1.165, 1.54) is 0 Å². The fourth-order valence-corrected chi connectivity index (χ4v) is 2.45. The van der Waals surface area contributed by atoms with E-state index in [1.807, 2.05) is 18.2 Å². The van der Waals surface area contributed by atoms with Crippen molar-refractivity contribution in [2.24, 2.45) is 0 Å². The number of rotatable bonds is 2. The molecular weight excluding hydrogens is 347 g/mol. The lowest BCUT2D eigenvalue weighted by molar-refractivity contribution is 0.988. The highest BCUT2D eigenvalue weighted by atomic mass is 127. The van der Waals surface area contributed by atoms with Gasteiger partial charge < -0.3 is 0 Å². The molecule has 0 aliphatic heterocycles. The van der Waals surface area contributed by atoms with Crippen LogP contribution in [0.5, 0.6) is 0 Å². The summed E-state index contributed by atoms with van der Waals surface area (Å²) in [6, 6.07) is 8.07. The Balaban J connectivity index is 2.61. The molecule has 0 atom stereocenters. The second-order valence-corrected chi connectivity index (χ2v) is 5.20. The molecule has 0 aliphatic carbocycles. The molecule has 17 heavy (non-hydrogen) atoms. The molecule has 0 saturated carbocycles. The maximum absolute atomic E-state index is 6.14. The van der Waals surface area contributed by atoms with Crippen LogP contribution >= 0.6 is 34.2 Å². The van der Waals surface area contributed by atoms with Crippen molar-refractivity contribution in [3.8, 4) is 11.4 Å². The molecule has 2 nitrogen and oxygen atoms in total. The highest BCUT2D eigenvalue weighted by molar-refractivity contribution is 14.1. The minimum Gasteiger partial charge on any atom is -0.232 e. The summed E-state index contributed by atoms with van der Waals surface area (Å²) in [6.45, 7) is 4.12. The maximum atomic E-state index is 6.14. The Labute approximate surface area is 120 Å². The molecule has 2 aromatic rings. The van der Waals surface area contributed by atoms with Crippen LogP contribution in [0.25, 0.3) is 11.4 Å². The Morgan fingerprint density at radius 3 is 2.59 bits per heavy atom. The van der Waals surface area contributed by atoms with Gasteiger partial charge in [0, 0.05) is 5.56 Å². The Hall–Kier alpha value is -0.680. The molecule has 0 aliphatic rings. The smallest absolute Gasteiger partial charge is 0.161 e. The van der Waals surface area contributed by atoms with Gasteiger partial charge in [-0.1, -0.05) is 42.8 Å². The van der Waals surface area contributed by atoms with Gasteiger partial charge in [-0.15, -0.1) is 0 Å². The van der Waals surface area contributed by atoms with Crippen LogP contribution in [-0.4, -0.2) is 9.97 Å². The van der Waals surface area contributed by atoms with E-state index >= 15 is 0 Å². The molecule has 2 rings (SSSR count). The van der Waals surface area contributed by atoms with Crippen molar-refractivity contribution < 1.29 is 0 Å². The summed E-state index contributed by atoms with van der Waals surface area (Å²) in [6.07, 6.45) is 0.861. The molecular formula is C13H12ClIN2. The molecule has 88 valence electrons. The zero-order valence-corrected chi connectivity index (χ0v) is 12.6. The largest absolute Gasteiger partial charge is 0.232 e. The highest BCUT2D eigenvalue weighted by Gasteiger charge is 2.11. The van der Waals surface area contributed by atoms with Crippen LogP contribution < -0.4 is 0 Å². The van der Waals surface area contributed by atoms with E-state index in [4.69, 9.17) is 11.6 Å². The molecule has 0 spiro atoms. The summed E-state index contributed by atoms with van der Waals surface area (Å²) in [5.41, 5.74) is 3.20. The first-order valence-corrected chi connectivity index (χ1v) is 6.87. The molecule has 4 heteroatoms. The van der Waals surface area contributed by atoms with E-state index in [9.17, 15) is 0 Å². The quantitative estimate of drug-likeness (QED) is 0.592. The average Bonchev–Trinajstić information content (AvgIpc) is 2.33. The van der Waals surface area contributed by atoms with Crippen LogP contribution in [0.2, 0.25) is 5.15 Å². The molecule has 0 bridgehead atoms. The zero-order valence-electron chi connectivity index (χ0n) is 9.67. The fraction of sp³-hybridized carbons (Fsp3) is 0.231. The van der Waals surface area contributed by atoms with E-state index in [-0.39, 0.29) is 0 Å². The van der Waals surface area contributed by atoms with Gasteiger partial charge in [0.05, 0.1) is 9.26 Å². The molecule has 1 aromatic carbocycles. The molecule has 1 heterocycles. The number of benzene rings is 1. The molecule has 0 N–H and O–H groups in total. The van der Waals surface area contributed by atoms with E-state index in [0.29, 0.717) is 11.0 Å². The summed E-state index contributed by atoms with van der Waals surface area (Å²) in [5.74, 6) is 0.713. The second kappa shape index (κ2) is 5.31. The average molecular weight is 359 g/mol. The summed E-state index contributed by atoms with van der Waals surface area (Å²) >= 11 is 8.33. The van der Waals surface area contributed by atoms with Crippen molar-refractivity contribution in [1.29, 1.82) is 0 Å². The van der Waals surface area contributed by atoms with Gasteiger partial charge in [-0.25, -0.2) is 9.97 Å². The highest BCUT2D eigenvalue weighted by Crippen LogP contribution is 2.25. The molecule has 1 aromatic heterocycles. The minimum atomic E-state index is 0.538. The molecule has 0 fully saturated rings. The van der Waals surface area contributed by atoms with Crippen LogP contribution in [0.3, 0.4) is 0 Å². The van der Waals surface area contributed by atoms with Gasteiger partial charge in [0.25, 0.3) is 0 Å². The first kappa shape index (κ1) is 12.8. The molecule has 0 unspecified atom stereocenters. The summed E-state index contributed by atoms with van der Waals surface area (Å²) in [7, 11) is 0. The van der Waals surface area contributed by atoms with Crippen LogP contribution in [0, 0.1) is 10.5 Å². The van der Waals surface area contributed by atoms with Crippen molar-refractivity contribution in [2.45, 2.75) is 20.3 Å². The normalized spacial score (nSPS) is 10.6. The lowest BCUT2D eigenvalue weighted by atomic mass is 10.1. The van der Waals surface area contributed by atoms with Crippen molar-refractivity contribution in [3.63, 3.8) is 0 Å². The topological polar surface area (TPSA) is 25.8 Å². The predicted molar refractivity (Wildman–Crippen MR) is 79.3 cm³/mol. The van der Waals surface area contributed by atoms with Crippen molar-refractivity contribution >= 4 is 34.2 Å². The number of nitrogens with zero attached hydrogens (tertiary/aromatic N) is 2. The zero-order chi connectivity index (χ0) is 12.4. The maximum Gasteiger partial charge on any atom is 0.161 e. The van der Waals surface area contributed by atoms with Gasteiger partial charge in [0.15, 0.2) is 5.82 Å². The monoisotopic (exact) mass is 358 g/mol. The third-order valence-corrected chi connectivity index (χ3v) is 4.33. The fourth-order valence-electron chi connectivity index (χ4n) is 1.64. The van der Waals surface area contributed by atoms with Crippen LogP contribution in [0.4, 0.5) is 0 Å². The number of aromatic nitrogens is 2. The summed E-state index contributed by atoms with van der Waals surface area (Å²) < 4.78 is 0.948. The molecule has 0 radical (unpaired) electrons. The van der Waals surface area contributed by atoms with Crippen molar-refractivity contribution in [3.05, 3.63) is 44.2 Å². The first-order chi connectivity index (χ1) is 8.13. The van der Waals surface area contributed by atoms with E-state index in [1.54, 1.807) is 0 Å². The number of aryl methyl sites for hydroxylation is 2. The predicted octanol–water partition coefficient (Wildman–Crippen LogP) is 4.27. The van der Waals surface area contributed by atoms with Crippen molar-refractivity contribution in [1.82, 2.24) is 9.97 Å². The summed E-state index contributed by atoms with van der Waals surface area (Å²) in [4.78, 5) is 8.94. The third kappa shape index (κ3) is 2.60. The molecule has 0 saturated heterocycles. The lowest BCUT2D eigenvalue weighted by Gasteiger charge is -2.08. The van der Waals surface area contributed by atoms with E-state index in [0.717, 1.165) is 26.8 Å².